The second kappa shape index (κ2) is 4.05. The van der Waals surface area contributed by atoms with E-state index in [1.165, 1.54) is 0 Å². The first-order valence-electron chi connectivity index (χ1n) is 4.01. The van der Waals surface area contributed by atoms with Crippen LogP contribution in [0.2, 0.25) is 0 Å². The Kier molecular flexibility index (Phi) is 3.13. The Morgan fingerprint density at radius 3 is 2.31 bits per heavy atom. The summed E-state index contributed by atoms with van der Waals surface area (Å²) in [6.07, 6.45) is -4.99. The van der Waals surface area contributed by atoms with E-state index in [1.54, 1.807) is 0 Å². The van der Waals surface area contributed by atoms with Crippen molar-refractivity contribution >= 4 is 5.69 Å². The maximum Gasteiger partial charge on any atom is 0.423 e. The van der Waals surface area contributed by atoms with Gasteiger partial charge in [-0.2, -0.15) is 13.2 Å². The van der Waals surface area contributed by atoms with E-state index in [0.29, 0.717) is 6.07 Å². The zero-order chi connectivity index (χ0) is 12.5. The van der Waals surface area contributed by atoms with Crippen molar-refractivity contribution < 1.29 is 22.5 Å². The van der Waals surface area contributed by atoms with E-state index in [0.717, 1.165) is 0 Å². The number of nitro benzene ring substituents is 1. The van der Waals surface area contributed by atoms with Crippen molar-refractivity contribution in [3.05, 3.63) is 39.2 Å². The number of nitrogens with zero attached hydrogens (tertiary/aromatic N) is 1. The molecule has 1 aromatic rings. The van der Waals surface area contributed by atoms with E-state index in [1.807, 2.05) is 0 Å². The highest BCUT2D eigenvalue weighted by molar-refractivity contribution is 5.49. The third kappa shape index (κ3) is 2.27. The van der Waals surface area contributed by atoms with Crippen molar-refractivity contribution in [1.82, 2.24) is 0 Å². The van der Waals surface area contributed by atoms with Crippen LogP contribution in [0.15, 0.2) is 12.1 Å². The van der Waals surface area contributed by atoms with Crippen molar-refractivity contribution in [2.75, 3.05) is 0 Å². The lowest BCUT2D eigenvalue weighted by Crippen LogP contribution is -2.13. The summed E-state index contributed by atoms with van der Waals surface area (Å²) >= 11 is 0. The number of halogens is 4. The van der Waals surface area contributed by atoms with Gasteiger partial charge in [-0.25, -0.2) is 4.39 Å². The summed E-state index contributed by atoms with van der Waals surface area (Å²) in [4.78, 5) is 9.27. The van der Waals surface area contributed by atoms with E-state index < -0.39 is 40.3 Å². The summed E-state index contributed by atoms with van der Waals surface area (Å²) in [6, 6.07) is 0.699. The number of hydrogen-bond donors (Lipinski definition) is 1. The number of benzene rings is 1. The summed E-state index contributed by atoms with van der Waals surface area (Å²) in [7, 11) is 0. The van der Waals surface area contributed by atoms with Crippen molar-refractivity contribution in [2.24, 2.45) is 5.73 Å². The predicted molar refractivity (Wildman–Crippen MR) is 45.9 cm³/mol. The molecule has 0 fully saturated rings. The van der Waals surface area contributed by atoms with Crippen LogP contribution in [0.5, 0.6) is 0 Å². The molecule has 0 saturated carbocycles. The highest BCUT2D eigenvalue weighted by Gasteiger charge is 2.40. The fourth-order valence-electron chi connectivity index (χ4n) is 1.24. The van der Waals surface area contributed by atoms with Gasteiger partial charge in [-0.15, -0.1) is 0 Å². The van der Waals surface area contributed by atoms with Crippen LogP contribution in [0.1, 0.15) is 11.1 Å². The molecule has 0 atom stereocenters. The Morgan fingerprint density at radius 1 is 1.38 bits per heavy atom. The van der Waals surface area contributed by atoms with Gasteiger partial charge in [-0.3, -0.25) is 10.1 Å². The summed E-state index contributed by atoms with van der Waals surface area (Å²) in [5, 5.41) is 10.5. The second-order valence-corrected chi connectivity index (χ2v) is 2.92. The first-order valence-corrected chi connectivity index (χ1v) is 4.01. The average molecular weight is 238 g/mol. The molecule has 4 nitrogen and oxygen atoms in total. The molecule has 1 rings (SSSR count). The number of rotatable bonds is 2. The van der Waals surface area contributed by atoms with Gasteiger partial charge in [0.25, 0.3) is 5.69 Å². The molecule has 1 aromatic carbocycles. The second-order valence-electron chi connectivity index (χ2n) is 2.92. The molecule has 0 bridgehead atoms. The lowest BCUT2D eigenvalue weighted by Gasteiger charge is -2.10. The zero-order valence-corrected chi connectivity index (χ0v) is 7.71. The quantitative estimate of drug-likeness (QED) is 0.487. The fraction of sp³-hybridized carbons (Fsp3) is 0.250. The van der Waals surface area contributed by atoms with Crippen LogP contribution in [0.4, 0.5) is 23.2 Å². The van der Waals surface area contributed by atoms with E-state index >= 15 is 0 Å². The predicted octanol–water partition coefficient (Wildman–Crippen LogP) is 2.21. The van der Waals surface area contributed by atoms with Gasteiger partial charge in [0.2, 0.25) is 0 Å². The first kappa shape index (κ1) is 12.4. The Balaban J connectivity index is 3.57. The van der Waals surface area contributed by atoms with Gasteiger partial charge in [-0.05, 0) is 12.1 Å². The number of hydrogen-bond acceptors (Lipinski definition) is 3. The Hall–Kier alpha value is -1.70. The van der Waals surface area contributed by atoms with Gasteiger partial charge in [0.05, 0.1) is 4.92 Å². The molecule has 0 aliphatic rings. The van der Waals surface area contributed by atoms with Crippen molar-refractivity contribution in [1.29, 1.82) is 0 Å². The third-order valence-electron chi connectivity index (χ3n) is 1.86. The SMILES string of the molecule is NCc1cc(F)cc(C(F)(F)F)c1[N+](=O)[O-]. The molecular formula is C8H6F4N2O2. The minimum atomic E-state index is -4.99. The maximum atomic E-state index is 12.8. The lowest BCUT2D eigenvalue weighted by atomic mass is 10.1. The molecule has 8 heteroatoms. The van der Waals surface area contributed by atoms with Crippen LogP contribution in [0.3, 0.4) is 0 Å². The largest absolute Gasteiger partial charge is 0.423 e. The minimum Gasteiger partial charge on any atom is -0.326 e. The molecule has 0 heterocycles. The summed E-state index contributed by atoms with van der Waals surface area (Å²) in [5.41, 5.74) is 1.72. The van der Waals surface area contributed by atoms with Crippen LogP contribution in [0, 0.1) is 15.9 Å². The molecule has 16 heavy (non-hydrogen) atoms. The van der Waals surface area contributed by atoms with Gasteiger partial charge < -0.3 is 5.73 Å². The summed E-state index contributed by atoms with van der Waals surface area (Å²) in [6.45, 7) is -0.544. The molecule has 0 unspecified atom stereocenters. The molecular weight excluding hydrogens is 232 g/mol. The summed E-state index contributed by atoms with van der Waals surface area (Å²) in [5.74, 6) is -1.21. The molecule has 0 amide bonds. The highest BCUT2D eigenvalue weighted by Crippen LogP contribution is 2.38. The first-order chi connectivity index (χ1) is 7.27. The van der Waals surface area contributed by atoms with Gasteiger partial charge in [-0.1, -0.05) is 0 Å². The van der Waals surface area contributed by atoms with E-state index in [4.69, 9.17) is 5.73 Å². The summed E-state index contributed by atoms with van der Waals surface area (Å²) < 4.78 is 50.0. The van der Waals surface area contributed by atoms with Gasteiger partial charge in [0.15, 0.2) is 0 Å². The van der Waals surface area contributed by atoms with Crippen molar-refractivity contribution in [3.8, 4) is 0 Å². The normalized spacial score (nSPS) is 11.6. The highest BCUT2D eigenvalue weighted by atomic mass is 19.4. The third-order valence-corrected chi connectivity index (χ3v) is 1.86. The van der Waals surface area contributed by atoms with Gasteiger partial charge in [0.1, 0.15) is 11.4 Å². The minimum absolute atomic E-state index is 0.0806. The van der Waals surface area contributed by atoms with E-state index in [9.17, 15) is 27.7 Å². The number of nitro groups is 1. The van der Waals surface area contributed by atoms with Crippen LogP contribution >= 0.6 is 0 Å². The maximum absolute atomic E-state index is 12.8. The lowest BCUT2D eigenvalue weighted by molar-refractivity contribution is -0.388. The molecule has 88 valence electrons. The van der Waals surface area contributed by atoms with Crippen LogP contribution in [0.25, 0.3) is 0 Å². The van der Waals surface area contributed by atoms with Crippen LogP contribution in [-0.2, 0) is 12.7 Å². The Bertz CT molecular complexity index is 431. The molecule has 0 aliphatic carbocycles. The van der Waals surface area contributed by atoms with E-state index in [2.05, 4.69) is 0 Å². The van der Waals surface area contributed by atoms with Crippen LogP contribution in [-0.4, -0.2) is 4.92 Å². The molecule has 0 saturated heterocycles. The smallest absolute Gasteiger partial charge is 0.326 e. The van der Waals surface area contributed by atoms with Gasteiger partial charge >= 0.3 is 6.18 Å². The van der Waals surface area contributed by atoms with E-state index in [-0.39, 0.29) is 6.07 Å². The number of alkyl halides is 3. The topological polar surface area (TPSA) is 69.2 Å². The molecule has 0 spiro atoms. The van der Waals surface area contributed by atoms with Crippen molar-refractivity contribution in [3.63, 3.8) is 0 Å². The molecule has 0 radical (unpaired) electrons. The molecule has 0 aromatic heterocycles. The fourth-order valence-corrected chi connectivity index (χ4v) is 1.24. The molecule has 0 aliphatic heterocycles. The zero-order valence-electron chi connectivity index (χ0n) is 7.71. The average Bonchev–Trinajstić information content (AvgIpc) is 2.14. The van der Waals surface area contributed by atoms with Crippen molar-refractivity contribution in [2.45, 2.75) is 12.7 Å². The number of nitrogens with two attached hydrogens (primary N) is 1. The van der Waals surface area contributed by atoms with Gasteiger partial charge in [0, 0.05) is 12.1 Å². The van der Waals surface area contributed by atoms with Crippen LogP contribution < -0.4 is 5.73 Å². The monoisotopic (exact) mass is 238 g/mol. The standard InChI is InChI=1S/C8H6F4N2O2/c9-5-1-4(3-13)7(14(15)16)6(2-5)8(10,11)12/h1-2H,3,13H2. The Morgan fingerprint density at radius 2 is 1.94 bits per heavy atom. The molecule has 2 N–H and O–H groups in total. The Labute approximate surface area is 86.8 Å².